The van der Waals surface area contributed by atoms with Crippen LogP contribution in [-0.4, -0.2) is 71.3 Å². The first-order valence-corrected chi connectivity index (χ1v) is 10.1. The third-order valence-corrected chi connectivity index (χ3v) is 4.23. The molecule has 8 nitrogen and oxygen atoms in total. The molecule has 28 heavy (non-hydrogen) atoms. The Balaban J connectivity index is 0.00000729. The molecule has 9 heteroatoms. The fourth-order valence-corrected chi connectivity index (χ4v) is 2.89. The van der Waals surface area contributed by atoms with Gasteiger partial charge in [0, 0.05) is 45.3 Å². The average Bonchev–Trinajstić information content (AvgIpc) is 3.13. The van der Waals surface area contributed by atoms with E-state index in [1.165, 1.54) is 0 Å². The molecular formula is C19H39IN4O4. The van der Waals surface area contributed by atoms with Gasteiger partial charge in [-0.05, 0) is 32.1 Å². The Morgan fingerprint density at radius 1 is 1.32 bits per heavy atom. The molecule has 1 aliphatic heterocycles. The number of hydrogen-bond donors (Lipinski definition) is 3. The lowest BCUT2D eigenvalue weighted by atomic mass is 10.0. The number of carbonyl (C=O) groups excluding carboxylic acids is 1. The monoisotopic (exact) mass is 514 g/mol. The quantitative estimate of drug-likeness (QED) is 0.160. The summed E-state index contributed by atoms with van der Waals surface area (Å²) >= 11 is 0. The first-order valence-electron chi connectivity index (χ1n) is 10.1. The van der Waals surface area contributed by atoms with Gasteiger partial charge in [0.1, 0.15) is 0 Å². The maximum Gasteiger partial charge on any atom is 0.407 e. The summed E-state index contributed by atoms with van der Waals surface area (Å²) < 4.78 is 16.0. The molecule has 0 spiro atoms. The number of hydrogen-bond acceptors (Lipinski definition) is 5. The predicted octanol–water partition coefficient (Wildman–Crippen LogP) is 2.37. The van der Waals surface area contributed by atoms with Crippen LogP contribution in [0.3, 0.4) is 0 Å². The second kappa shape index (κ2) is 17.1. The van der Waals surface area contributed by atoms with Gasteiger partial charge in [0.15, 0.2) is 5.96 Å². The first-order chi connectivity index (χ1) is 13.0. The summed E-state index contributed by atoms with van der Waals surface area (Å²) in [6, 6.07) is -0.0143. The van der Waals surface area contributed by atoms with E-state index in [2.05, 4.69) is 34.8 Å². The van der Waals surface area contributed by atoms with E-state index in [0.717, 1.165) is 58.2 Å². The van der Waals surface area contributed by atoms with Crippen molar-refractivity contribution in [3.05, 3.63) is 0 Å². The van der Waals surface area contributed by atoms with E-state index in [9.17, 15) is 4.79 Å². The minimum atomic E-state index is -0.377. The second-order valence-corrected chi connectivity index (χ2v) is 7.23. The van der Waals surface area contributed by atoms with Crippen LogP contribution in [-0.2, 0) is 14.2 Å². The predicted molar refractivity (Wildman–Crippen MR) is 123 cm³/mol. The third kappa shape index (κ3) is 13.4. The maximum atomic E-state index is 11.7. The molecule has 0 aromatic rings. The Bertz CT molecular complexity index is 432. The fourth-order valence-electron chi connectivity index (χ4n) is 2.89. The molecule has 2 unspecified atom stereocenters. The van der Waals surface area contributed by atoms with Gasteiger partial charge in [-0.3, -0.25) is 4.99 Å². The number of ether oxygens (including phenoxy) is 3. The van der Waals surface area contributed by atoms with Crippen LogP contribution in [0.25, 0.3) is 0 Å². The van der Waals surface area contributed by atoms with Gasteiger partial charge in [0.05, 0.1) is 19.8 Å². The molecule has 1 heterocycles. The van der Waals surface area contributed by atoms with E-state index in [4.69, 9.17) is 14.2 Å². The molecule has 166 valence electrons. The van der Waals surface area contributed by atoms with Crippen LogP contribution < -0.4 is 16.0 Å². The molecule has 0 aromatic heterocycles. The Labute approximate surface area is 186 Å². The van der Waals surface area contributed by atoms with Crippen molar-refractivity contribution >= 4 is 36.0 Å². The van der Waals surface area contributed by atoms with Crippen molar-refractivity contribution in [1.82, 2.24) is 16.0 Å². The molecule has 0 aliphatic carbocycles. The van der Waals surface area contributed by atoms with Crippen molar-refractivity contribution in [2.24, 2.45) is 16.8 Å². The van der Waals surface area contributed by atoms with Crippen LogP contribution in [0.2, 0.25) is 0 Å². The van der Waals surface area contributed by atoms with Gasteiger partial charge in [0.2, 0.25) is 0 Å². The standard InChI is InChI=1S/C19H38N4O4.HI/c1-5-27-19(24)23-17(11-15(2)3)12-22-18(20-4)21-8-6-9-25-13-16-7-10-26-14-16;/h15-17H,5-14H2,1-4H3,(H,23,24)(H2,20,21,22);1H. The van der Waals surface area contributed by atoms with E-state index in [1.807, 2.05) is 0 Å². The lowest BCUT2D eigenvalue weighted by Gasteiger charge is -2.22. The molecule has 1 aliphatic rings. The second-order valence-electron chi connectivity index (χ2n) is 7.23. The summed E-state index contributed by atoms with van der Waals surface area (Å²) in [4.78, 5) is 15.9. The van der Waals surface area contributed by atoms with Crippen molar-refractivity contribution in [1.29, 1.82) is 0 Å². The number of halogens is 1. The van der Waals surface area contributed by atoms with Crippen LogP contribution in [0.4, 0.5) is 4.79 Å². The van der Waals surface area contributed by atoms with Crippen molar-refractivity contribution in [2.75, 3.05) is 53.2 Å². The van der Waals surface area contributed by atoms with E-state index in [-0.39, 0.29) is 36.1 Å². The van der Waals surface area contributed by atoms with Crippen molar-refractivity contribution in [3.8, 4) is 0 Å². The fraction of sp³-hybridized carbons (Fsp3) is 0.895. The molecule has 3 N–H and O–H groups in total. The van der Waals surface area contributed by atoms with E-state index in [0.29, 0.717) is 25.0 Å². The van der Waals surface area contributed by atoms with Crippen LogP contribution in [0, 0.1) is 11.8 Å². The SMILES string of the molecule is CCOC(=O)NC(CNC(=NC)NCCCOCC1CCOC1)CC(C)C.I. The van der Waals surface area contributed by atoms with Crippen LogP contribution in [0.15, 0.2) is 4.99 Å². The minimum absolute atomic E-state index is 0. The minimum Gasteiger partial charge on any atom is -0.450 e. The molecule has 1 fully saturated rings. The van der Waals surface area contributed by atoms with Crippen LogP contribution in [0.1, 0.15) is 40.0 Å². The van der Waals surface area contributed by atoms with E-state index >= 15 is 0 Å². The summed E-state index contributed by atoms with van der Waals surface area (Å²) in [7, 11) is 1.74. The van der Waals surface area contributed by atoms with E-state index < -0.39 is 0 Å². The summed E-state index contributed by atoms with van der Waals surface area (Å²) in [5.74, 6) is 1.74. The van der Waals surface area contributed by atoms with Gasteiger partial charge < -0.3 is 30.2 Å². The van der Waals surface area contributed by atoms with Crippen molar-refractivity contribution in [2.45, 2.75) is 46.1 Å². The highest BCUT2D eigenvalue weighted by atomic mass is 127. The zero-order chi connectivity index (χ0) is 19.9. The molecule has 1 rings (SSSR count). The molecule has 0 aromatic carbocycles. The third-order valence-electron chi connectivity index (χ3n) is 4.23. The Kier molecular flexibility index (Phi) is 16.6. The van der Waals surface area contributed by atoms with E-state index in [1.54, 1.807) is 14.0 Å². The van der Waals surface area contributed by atoms with Gasteiger partial charge in [-0.25, -0.2) is 4.79 Å². The summed E-state index contributed by atoms with van der Waals surface area (Å²) in [6.07, 6.45) is 2.50. The summed E-state index contributed by atoms with van der Waals surface area (Å²) in [6.45, 7) is 11.0. The maximum absolute atomic E-state index is 11.7. The van der Waals surface area contributed by atoms with Crippen LogP contribution >= 0.6 is 24.0 Å². The number of amides is 1. The van der Waals surface area contributed by atoms with Gasteiger partial charge in [-0.2, -0.15) is 0 Å². The van der Waals surface area contributed by atoms with Gasteiger partial charge in [0.25, 0.3) is 0 Å². The Morgan fingerprint density at radius 2 is 2.11 bits per heavy atom. The smallest absolute Gasteiger partial charge is 0.407 e. The lowest BCUT2D eigenvalue weighted by Crippen LogP contribution is -2.47. The largest absolute Gasteiger partial charge is 0.450 e. The number of nitrogens with zero attached hydrogens (tertiary/aromatic N) is 1. The van der Waals surface area contributed by atoms with Gasteiger partial charge in [-0.1, -0.05) is 13.8 Å². The number of rotatable bonds is 12. The van der Waals surface area contributed by atoms with Crippen molar-refractivity contribution in [3.63, 3.8) is 0 Å². The number of carbonyl (C=O) groups is 1. The highest BCUT2D eigenvalue weighted by Crippen LogP contribution is 2.12. The number of aliphatic imine (C=N–C) groups is 1. The number of nitrogens with one attached hydrogen (secondary N) is 3. The molecule has 1 saturated heterocycles. The highest BCUT2D eigenvalue weighted by molar-refractivity contribution is 14.0. The highest BCUT2D eigenvalue weighted by Gasteiger charge is 2.16. The van der Waals surface area contributed by atoms with Gasteiger partial charge >= 0.3 is 6.09 Å². The van der Waals surface area contributed by atoms with Gasteiger partial charge in [-0.15, -0.1) is 24.0 Å². The summed E-state index contributed by atoms with van der Waals surface area (Å²) in [5, 5.41) is 9.45. The average molecular weight is 514 g/mol. The first kappa shape index (κ1) is 27.2. The van der Waals surface area contributed by atoms with Crippen LogP contribution in [0.5, 0.6) is 0 Å². The molecule has 0 saturated carbocycles. The lowest BCUT2D eigenvalue weighted by molar-refractivity contribution is 0.0888. The normalized spacial score (nSPS) is 17.8. The number of alkyl carbamates (subject to hydrolysis) is 1. The molecule has 2 atom stereocenters. The Hall–Kier alpha value is -0.810. The zero-order valence-electron chi connectivity index (χ0n) is 17.8. The molecule has 1 amide bonds. The van der Waals surface area contributed by atoms with Crippen molar-refractivity contribution < 1.29 is 19.0 Å². The Morgan fingerprint density at radius 3 is 2.71 bits per heavy atom. The molecule has 0 radical (unpaired) electrons. The summed E-state index contributed by atoms with van der Waals surface area (Å²) in [5.41, 5.74) is 0. The topological polar surface area (TPSA) is 93.2 Å². The zero-order valence-corrected chi connectivity index (χ0v) is 20.1. The molecular weight excluding hydrogens is 475 g/mol. The number of guanidine groups is 1. The molecule has 0 bridgehead atoms.